The molecule has 0 bridgehead atoms. The van der Waals surface area contributed by atoms with Gasteiger partial charge in [0.15, 0.2) is 0 Å². The van der Waals surface area contributed by atoms with Gasteiger partial charge in [0, 0.05) is 13.1 Å². The number of hydrogen-bond acceptors (Lipinski definition) is 3. The first-order chi connectivity index (χ1) is 9.26. The predicted octanol–water partition coefficient (Wildman–Crippen LogP) is 2.43. The molecule has 0 aliphatic carbocycles. The van der Waals surface area contributed by atoms with Gasteiger partial charge in [0.1, 0.15) is 5.75 Å². The molecule has 0 radical (unpaired) electrons. The van der Waals surface area contributed by atoms with Gasteiger partial charge in [-0.05, 0) is 55.5 Å². The Balaban J connectivity index is 2.02. The number of piperidine rings is 1. The number of rotatable bonds is 5. The summed E-state index contributed by atoms with van der Waals surface area (Å²) in [5, 5.41) is 0. The van der Waals surface area contributed by atoms with Crippen molar-refractivity contribution in [2.75, 3.05) is 26.7 Å². The molecule has 1 heterocycles. The molecule has 1 saturated heterocycles. The number of benzene rings is 1. The molecule has 1 aliphatic rings. The minimum Gasteiger partial charge on any atom is -0.496 e. The van der Waals surface area contributed by atoms with Crippen LogP contribution in [0.15, 0.2) is 18.2 Å². The van der Waals surface area contributed by atoms with Crippen LogP contribution < -0.4 is 10.5 Å². The van der Waals surface area contributed by atoms with Crippen molar-refractivity contribution in [3.8, 4) is 5.75 Å². The lowest BCUT2D eigenvalue weighted by molar-refractivity contribution is 0.171. The molecule has 1 unspecified atom stereocenters. The molecule has 1 fully saturated rings. The van der Waals surface area contributed by atoms with Crippen molar-refractivity contribution in [1.82, 2.24) is 4.90 Å². The minimum atomic E-state index is 0.678. The first kappa shape index (κ1) is 14.4. The second-order valence-electron chi connectivity index (χ2n) is 5.48. The molecule has 0 amide bonds. The Morgan fingerprint density at radius 3 is 2.95 bits per heavy atom. The Kier molecular flexibility index (Phi) is 5.23. The van der Waals surface area contributed by atoms with E-state index in [9.17, 15) is 0 Å². The Hall–Kier alpha value is -1.06. The van der Waals surface area contributed by atoms with E-state index in [0.29, 0.717) is 5.92 Å². The SMILES string of the molecule is CCc1cc(CN2CCCC(CN)C2)ccc1OC. The quantitative estimate of drug-likeness (QED) is 0.885. The molecule has 19 heavy (non-hydrogen) atoms. The Bertz CT molecular complexity index is 406. The van der Waals surface area contributed by atoms with E-state index < -0.39 is 0 Å². The van der Waals surface area contributed by atoms with Crippen LogP contribution in [0.3, 0.4) is 0 Å². The van der Waals surface area contributed by atoms with Gasteiger partial charge < -0.3 is 10.5 Å². The van der Waals surface area contributed by atoms with E-state index in [1.54, 1.807) is 7.11 Å². The summed E-state index contributed by atoms with van der Waals surface area (Å²) in [5.41, 5.74) is 8.48. The molecule has 0 saturated carbocycles. The Morgan fingerprint density at radius 2 is 2.26 bits per heavy atom. The molecule has 1 aliphatic heterocycles. The van der Waals surface area contributed by atoms with Crippen LogP contribution in [0.2, 0.25) is 0 Å². The van der Waals surface area contributed by atoms with E-state index in [1.165, 1.54) is 30.5 Å². The largest absolute Gasteiger partial charge is 0.496 e. The van der Waals surface area contributed by atoms with Gasteiger partial charge in [-0.1, -0.05) is 19.1 Å². The van der Waals surface area contributed by atoms with Gasteiger partial charge in [0.05, 0.1) is 7.11 Å². The first-order valence-electron chi connectivity index (χ1n) is 7.35. The van der Waals surface area contributed by atoms with E-state index >= 15 is 0 Å². The summed E-state index contributed by atoms with van der Waals surface area (Å²) in [5.74, 6) is 1.68. The topological polar surface area (TPSA) is 38.5 Å². The normalized spacial score (nSPS) is 20.5. The van der Waals surface area contributed by atoms with Crippen molar-refractivity contribution in [2.45, 2.75) is 32.7 Å². The molecule has 3 heteroatoms. The fourth-order valence-corrected chi connectivity index (χ4v) is 2.95. The van der Waals surface area contributed by atoms with E-state index in [-0.39, 0.29) is 0 Å². The molecule has 1 aromatic carbocycles. The average Bonchev–Trinajstić information content (AvgIpc) is 2.47. The highest BCUT2D eigenvalue weighted by molar-refractivity contribution is 5.37. The third-order valence-corrected chi connectivity index (χ3v) is 4.07. The maximum atomic E-state index is 5.80. The van der Waals surface area contributed by atoms with Crippen LogP contribution in [0.1, 0.15) is 30.9 Å². The number of ether oxygens (including phenoxy) is 1. The van der Waals surface area contributed by atoms with Gasteiger partial charge in [-0.3, -0.25) is 4.90 Å². The van der Waals surface area contributed by atoms with Crippen LogP contribution >= 0.6 is 0 Å². The van der Waals surface area contributed by atoms with Gasteiger partial charge >= 0.3 is 0 Å². The lowest BCUT2D eigenvalue weighted by atomic mass is 9.97. The minimum absolute atomic E-state index is 0.678. The van der Waals surface area contributed by atoms with E-state index in [2.05, 4.69) is 30.0 Å². The highest BCUT2D eigenvalue weighted by atomic mass is 16.5. The second kappa shape index (κ2) is 6.92. The van der Waals surface area contributed by atoms with Crippen molar-refractivity contribution in [2.24, 2.45) is 11.7 Å². The van der Waals surface area contributed by atoms with Crippen molar-refractivity contribution >= 4 is 0 Å². The van der Waals surface area contributed by atoms with Crippen molar-refractivity contribution in [3.05, 3.63) is 29.3 Å². The fourth-order valence-electron chi connectivity index (χ4n) is 2.95. The molecule has 0 aromatic heterocycles. The lowest BCUT2D eigenvalue weighted by Crippen LogP contribution is -2.37. The fraction of sp³-hybridized carbons (Fsp3) is 0.625. The molecular formula is C16H26N2O. The number of methoxy groups -OCH3 is 1. The molecule has 1 aromatic rings. The van der Waals surface area contributed by atoms with E-state index in [4.69, 9.17) is 10.5 Å². The Morgan fingerprint density at radius 1 is 1.42 bits per heavy atom. The van der Waals surface area contributed by atoms with Crippen molar-refractivity contribution in [1.29, 1.82) is 0 Å². The monoisotopic (exact) mass is 262 g/mol. The van der Waals surface area contributed by atoms with Crippen molar-refractivity contribution in [3.63, 3.8) is 0 Å². The van der Waals surface area contributed by atoms with Crippen LogP contribution in [-0.2, 0) is 13.0 Å². The molecule has 3 nitrogen and oxygen atoms in total. The summed E-state index contributed by atoms with van der Waals surface area (Å²) >= 11 is 0. The molecule has 1 atom stereocenters. The number of aryl methyl sites for hydroxylation is 1. The number of hydrogen-bond donors (Lipinski definition) is 1. The summed E-state index contributed by atoms with van der Waals surface area (Å²) in [6.07, 6.45) is 3.58. The van der Waals surface area contributed by atoms with Gasteiger partial charge in [0.2, 0.25) is 0 Å². The zero-order chi connectivity index (χ0) is 13.7. The molecule has 0 spiro atoms. The van der Waals surface area contributed by atoms with Gasteiger partial charge in [-0.25, -0.2) is 0 Å². The molecule has 2 rings (SSSR count). The van der Waals surface area contributed by atoms with Crippen LogP contribution in [0.5, 0.6) is 5.75 Å². The summed E-state index contributed by atoms with van der Waals surface area (Å²) in [6, 6.07) is 6.56. The van der Waals surface area contributed by atoms with Crippen LogP contribution in [0.4, 0.5) is 0 Å². The van der Waals surface area contributed by atoms with Gasteiger partial charge in [-0.2, -0.15) is 0 Å². The lowest BCUT2D eigenvalue weighted by Gasteiger charge is -2.32. The molecule has 106 valence electrons. The zero-order valence-electron chi connectivity index (χ0n) is 12.2. The first-order valence-corrected chi connectivity index (χ1v) is 7.35. The van der Waals surface area contributed by atoms with Gasteiger partial charge in [0.25, 0.3) is 0 Å². The third kappa shape index (κ3) is 3.71. The van der Waals surface area contributed by atoms with E-state index in [1.807, 2.05) is 0 Å². The smallest absolute Gasteiger partial charge is 0.122 e. The standard InChI is InChI=1S/C16H26N2O/c1-3-15-9-13(6-7-16(15)19-2)11-18-8-4-5-14(10-17)12-18/h6-7,9,14H,3-5,8,10-12,17H2,1-2H3. The summed E-state index contributed by atoms with van der Waals surface area (Å²) in [6.45, 7) is 6.37. The predicted molar refractivity (Wildman–Crippen MR) is 79.4 cm³/mol. The molecular weight excluding hydrogens is 236 g/mol. The third-order valence-electron chi connectivity index (χ3n) is 4.07. The zero-order valence-corrected chi connectivity index (χ0v) is 12.2. The highest BCUT2D eigenvalue weighted by Gasteiger charge is 2.18. The maximum Gasteiger partial charge on any atom is 0.122 e. The Labute approximate surface area is 116 Å². The summed E-state index contributed by atoms with van der Waals surface area (Å²) < 4.78 is 5.39. The number of likely N-dealkylation sites (tertiary alicyclic amines) is 1. The van der Waals surface area contributed by atoms with E-state index in [0.717, 1.165) is 31.8 Å². The average molecular weight is 262 g/mol. The maximum absolute atomic E-state index is 5.80. The highest BCUT2D eigenvalue weighted by Crippen LogP contribution is 2.23. The van der Waals surface area contributed by atoms with Crippen LogP contribution in [0, 0.1) is 5.92 Å². The second-order valence-corrected chi connectivity index (χ2v) is 5.48. The number of nitrogens with two attached hydrogens (primary N) is 1. The van der Waals surface area contributed by atoms with Crippen LogP contribution in [0.25, 0.3) is 0 Å². The summed E-state index contributed by atoms with van der Waals surface area (Å²) in [4.78, 5) is 2.53. The summed E-state index contributed by atoms with van der Waals surface area (Å²) in [7, 11) is 1.74. The van der Waals surface area contributed by atoms with Crippen molar-refractivity contribution < 1.29 is 4.74 Å². The van der Waals surface area contributed by atoms with Gasteiger partial charge in [-0.15, -0.1) is 0 Å². The van der Waals surface area contributed by atoms with Crippen LogP contribution in [-0.4, -0.2) is 31.6 Å². The molecule has 2 N–H and O–H groups in total. The number of nitrogens with zero attached hydrogens (tertiary/aromatic N) is 1.